The van der Waals surface area contributed by atoms with Crippen LogP contribution in [-0.2, 0) is 22.0 Å². The number of nitrogens with one attached hydrogen (secondary N) is 3. The Morgan fingerprint density at radius 3 is 2.63 bits per heavy atom. The van der Waals surface area contributed by atoms with E-state index in [1.807, 2.05) is 18.2 Å². The fraction of sp³-hybridized carbons (Fsp3) is 0.421. The fourth-order valence-corrected chi connectivity index (χ4v) is 5.28. The van der Waals surface area contributed by atoms with Crippen molar-refractivity contribution in [3.63, 3.8) is 0 Å². The van der Waals surface area contributed by atoms with Gasteiger partial charge in [-0.3, -0.25) is 5.41 Å². The maximum Gasteiger partial charge on any atom is 0.255 e. The normalized spacial score (nSPS) is 21.5. The third-order valence-electron chi connectivity index (χ3n) is 5.34. The molecule has 162 valence electrons. The van der Waals surface area contributed by atoms with Gasteiger partial charge < -0.3 is 15.0 Å². The summed E-state index contributed by atoms with van der Waals surface area (Å²) in [5.74, 6) is -0.651. The smallest absolute Gasteiger partial charge is 0.255 e. The van der Waals surface area contributed by atoms with Gasteiger partial charge >= 0.3 is 0 Å². The zero-order valence-corrected chi connectivity index (χ0v) is 17.8. The predicted molar refractivity (Wildman–Crippen MR) is 112 cm³/mol. The van der Waals surface area contributed by atoms with Crippen LogP contribution in [0, 0.1) is 11.2 Å². The van der Waals surface area contributed by atoms with Crippen molar-refractivity contribution in [2.75, 3.05) is 32.1 Å². The molecular weight excluding hydrogens is 411 g/mol. The summed E-state index contributed by atoms with van der Waals surface area (Å²) < 4.78 is 47.8. The molecule has 1 aromatic carbocycles. The summed E-state index contributed by atoms with van der Waals surface area (Å²) in [6.45, 7) is 1.95. The van der Waals surface area contributed by atoms with Gasteiger partial charge in [-0.05, 0) is 19.0 Å². The van der Waals surface area contributed by atoms with Gasteiger partial charge in [-0.2, -0.15) is 9.37 Å². The summed E-state index contributed by atoms with van der Waals surface area (Å²) in [4.78, 5) is 10.1. The summed E-state index contributed by atoms with van der Waals surface area (Å²) in [6.07, 6.45) is 1.31. The van der Waals surface area contributed by atoms with Gasteiger partial charge in [0.15, 0.2) is 0 Å². The van der Waals surface area contributed by atoms with Gasteiger partial charge in [-0.25, -0.2) is 18.1 Å². The molecule has 3 rings (SSSR count). The van der Waals surface area contributed by atoms with Crippen LogP contribution in [0.5, 0.6) is 5.88 Å². The fourth-order valence-electron chi connectivity index (χ4n) is 3.81. The van der Waals surface area contributed by atoms with E-state index in [1.165, 1.54) is 14.2 Å². The van der Waals surface area contributed by atoms with Crippen LogP contribution < -0.4 is 19.7 Å². The van der Waals surface area contributed by atoms with Crippen LogP contribution >= 0.6 is 0 Å². The van der Waals surface area contributed by atoms with Gasteiger partial charge in [0.2, 0.25) is 21.8 Å². The van der Waals surface area contributed by atoms with Gasteiger partial charge in [0.25, 0.3) is 5.88 Å². The second-order valence-electron chi connectivity index (χ2n) is 6.89. The lowest BCUT2D eigenvalue weighted by Gasteiger charge is -2.34. The molecule has 9 nitrogen and oxygen atoms in total. The summed E-state index contributed by atoms with van der Waals surface area (Å²) in [5, 5.41) is 9.63. The Kier molecular flexibility index (Phi) is 6.22. The molecule has 0 amide bonds. The number of hydrogen-bond donors (Lipinski definition) is 3. The van der Waals surface area contributed by atoms with Crippen LogP contribution in [0.25, 0.3) is 0 Å². The second-order valence-corrected chi connectivity index (χ2v) is 8.96. The number of benzene rings is 1. The Balaban J connectivity index is 2.16. The lowest BCUT2D eigenvalue weighted by molar-refractivity contribution is 0.364. The molecule has 0 aliphatic carbocycles. The van der Waals surface area contributed by atoms with Crippen molar-refractivity contribution >= 4 is 22.3 Å². The molecule has 2 atom stereocenters. The molecule has 3 N–H and O–H groups in total. The predicted octanol–water partition coefficient (Wildman–Crippen LogP) is 1.02. The molecule has 0 radical (unpaired) electrons. The molecule has 1 fully saturated rings. The van der Waals surface area contributed by atoms with Crippen LogP contribution in [0.1, 0.15) is 18.2 Å². The number of aryl methyl sites for hydroxylation is 1. The number of nitrogens with zero attached hydrogens (tertiary/aromatic N) is 3. The Morgan fingerprint density at radius 1 is 1.37 bits per heavy atom. The Morgan fingerprint density at radius 2 is 2.07 bits per heavy atom. The molecular formula is C19H25FN6O3S. The van der Waals surface area contributed by atoms with Crippen LogP contribution in [-0.4, -0.2) is 57.2 Å². The number of methoxy groups -OCH3 is 1. The highest BCUT2D eigenvalue weighted by Crippen LogP contribution is 2.38. The SMILES string of the molecule is CCc1nc(N2CC(S(=O)(=O)NC)C(NC=N)(c3ccccc3)C2)nc(OC)c1F. The highest BCUT2D eigenvalue weighted by molar-refractivity contribution is 7.90. The first-order valence-corrected chi connectivity index (χ1v) is 11.0. The molecule has 0 spiro atoms. The van der Waals surface area contributed by atoms with E-state index in [-0.39, 0.29) is 30.6 Å². The summed E-state index contributed by atoms with van der Waals surface area (Å²) in [7, 11) is -1.11. The summed E-state index contributed by atoms with van der Waals surface area (Å²) in [6, 6.07) is 9.06. The van der Waals surface area contributed by atoms with Crippen LogP contribution in [0.3, 0.4) is 0 Å². The summed E-state index contributed by atoms with van der Waals surface area (Å²) in [5.41, 5.74) is -0.255. The largest absolute Gasteiger partial charge is 0.479 e. The number of sulfonamides is 1. The minimum absolute atomic E-state index is 0.0385. The van der Waals surface area contributed by atoms with Gasteiger partial charge in [0, 0.05) is 13.1 Å². The first-order valence-electron chi connectivity index (χ1n) is 9.42. The number of hydrogen-bond acceptors (Lipinski definition) is 7. The first kappa shape index (κ1) is 21.9. The lowest BCUT2D eigenvalue weighted by Crippen LogP contribution is -2.55. The van der Waals surface area contributed by atoms with Crippen LogP contribution in [0.2, 0.25) is 0 Å². The standard InChI is InChI=1S/C19H25FN6O3S/c1-4-14-16(20)17(29-3)25-18(24-14)26-10-15(30(27,28)22-2)19(11-26,23-12-21)13-8-6-5-7-9-13/h5-9,12,15,22H,4,10-11H2,1-3H3,(H2,21,23). The maximum atomic E-state index is 14.4. The van der Waals surface area contributed by atoms with Crippen molar-refractivity contribution in [2.24, 2.45) is 0 Å². The van der Waals surface area contributed by atoms with E-state index in [4.69, 9.17) is 10.1 Å². The molecule has 1 aliphatic heterocycles. The van der Waals surface area contributed by atoms with E-state index < -0.39 is 26.6 Å². The number of halogens is 1. The zero-order valence-electron chi connectivity index (χ0n) is 17.0. The van der Waals surface area contributed by atoms with Crippen LogP contribution in [0.4, 0.5) is 10.3 Å². The van der Waals surface area contributed by atoms with E-state index in [9.17, 15) is 12.8 Å². The Hall–Kier alpha value is -2.79. The Bertz CT molecular complexity index is 995. The first-order chi connectivity index (χ1) is 14.3. The molecule has 11 heteroatoms. The molecule has 2 heterocycles. The average Bonchev–Trinajstić information content (AvgIpc) is 3.16. The van der Waals surface area contributed by atoms with E-state index in [2.05, 4.69) is 20.0 Å². The highest BCUT2D eigenvalue weighted by Gasteiger charge is 2.54. The van der Waals surface area contributed by atoms with E-state index in [0.29, 0.717) is 12.0 Å². The van der Waals surface area contributed by atoms with Crippen LogP contribution in [0.15, 0.2) is 30.3 Å². The molecule has 1 aliphatic rings. The third-order valence-corrected chi connectivity index (χ3v) is 7.21. The molecule has 0 bridgehead atoms. The number of anilines is 1. The molecule has 1 saturated heterocycles. The molecule has 2 aromatic rings. The number of aromatic nitrogens is 2. The quantitative estimate of drug-likeness (QED) is 0.417. The number of rotatable bonds is 8. The monoisotopic (exact) mass is 436 g/mol. The zero-order chi connectivity index (χ0) is 21.9. The molecule has 30 heavy (non-hydrogen) atoms. The van der Waals surface area contributed by atoms with Crippen molar-refractivity contribution in [3.05, 3.63) is 47.4 Å². The summed E-state index contributed by atoms with van der Waals surface area (Å²) >= 11 is 0. The van der Waals surface area contributed by atoms with Gasteiger partial charge in [-0.1, -0.05) is 37.3 Å². The van der Waals surface area contributed by atoms with Crippen molar-refractivity contribution in [2.45, 2.75) is 24.1 Å². The average molecular weight is 437 g/mol. The topological polar surface area (TPSA) is 120 Å². The van der Waals surface area contributed by atoms with E-state index in [0.717, 1.165) is 6.34 Å². The third kappa shape index (κ3) is 3.70. The van der Waals surface area contributed by atoms with Gasteiger partial charge in [0.1, 0.15) is 10.8 Å². The van der Waals surface area contributed by atoms with Crippen molar-refractivity contribution in [1.82, 2.24) is 20.0 Å². The van der Waals surface area contributed by atoms with Gasteiger partial charge in [-0.15, -0.1) is 0 Å². The minimum atomic E-state index is -3.77. The number of ether oxygens (including phenoxy) is 1. The molecule has 2 unspecified atom stereocenters. The lowest BCUT2D eigenvalue weighted by atomic mass is 9.88. The van der Waals surface area contributed by atoms with Crippen molar-refractivity contribution < 1.29 is 17.5 Å². The van der Waals surface area contributed by atoms with Crippen molar-refractivity contribution in [3.8, 4) is 5.88 Å². The highest BCUT2D eigenvalue weighted by atomic mass is 32.2. The van der Waals surface area contributed by atoms with E-state index >= 15 is 0 Å². The van der Waals surface area contributed by atoms with Crippen molar-refractivity contribution in [1.29, 1.82) is 5.41 Å². The molecule has 0 saturated carbocycles. The van der Waals surface area contributed by atoms with E-state index in [1.54, 1.807) is 24.0 Å². The minimum Gasteiger partial charge on any atom is -0.479 e. The molecule has 1 aromatic heterocycles. The Labute approximate surface area is 175 Å². The maximum absolute atomic E-state index is 14.4. The van der Waals surface area contributed by atoms with Gasteiger partial charge in [0.05, 0.1) is 19.1 Å². The second kappa shape index (κ2) is 8.52.